The van der Waals surface area contributed by atoms with E-state index in [1.54, 1.807) is 31.5 Å². The number of pyridine rings is 1. The monoisotopic (exact) mass is 347 g/mol. The Balaban J connectivity index is 2.18. The molecule has 0 aliphatic heterocycles. The molecule has 1 aromatic heterocycles. The number of aromatic nitrogens is 1. The third-order valence-electron chi connectivity index (χ3n) is 3.24. The van der Waals surface area contributed by atoms with Gasteiger partial charge in [-0.3, -0.25) is 4.79 Å². The molecule has 0 saturated carbocycles. The van der Waals surface area contributed by atoms with Crippen LogP contribution in [0.4, 0.5) is 11.4 Å². The second kappa shape index (κ2) is 7.09. The molecule has 0 fully saturated rings. The van der Waals surface area contributed by atoms with Crippen molar-refractivity contribution in [3.8, 4) is 5.75 Å². The Hall–Kier alpha value is -2.27. The fourth-order valence-corrected chi connectivity index (χ4v) is 2.25. The molecule has 128 valence electrons. The highest BCUT2D eigenvalue weighted by Gasteiger charge is 2.16. The lowest BCUT2D eigenvalue weighted by Gasteiger charge is -2.20. The number of methoxy groups -OCH3 is 1. The highest BCUT2D eigenvalue weighted by atomic mass is 35.5. The predicted molar refractivity (Wildman–Crippen MR) is 97.5 cm³/mol. The molecule has 0 aliphatic rings. The summed E-state index contributed by atoms with van der Waals surface area (Å²) in [5.74, 6) is 0.439. The van der Waals surface area contributed by atoms with Crippen molar-refractivity contribution in [2.75, 3.05) is 12.4 Å². The van der Waals surface area contributed by atoms with Gasteiger partial charge in [0.05, 0.1) is 24.7 Å². The van der Waals surface area contributed by atoms with E-state index in [1.807, 2.05) is 33.8 Å². The number of aryl methyl sites for hydroxylation is 1. The third-order valence-corrected chi connectivity index (χ3v) is 3.65. The van der Waals surface area contributed by atoms with E-state index in [0.717, 1.165) is 16.9 Å². The molecular weight excluding hydrogens is 326 g/mol. The Morgan fingerprint density at radius 2 is 1.96 bits per heavy atom. The number of benzene rings is 1. The van der Waals surface area contributed by atoms with Crippen molar-refractivity contribution in [1.29, 1.82) is 0 Å². The van der Waals surface area contributed by atoms with Gasteiger partial charge in [0.15, 0.2) is 0 Å². The van der Waals surface area contributed by atoms with Crippen molar-refractivity contribution in [3.63, 3.8) is 0 Å². The van der Waals surface area contributed by atoms with Gasteiger partial charge in [-0.2, -0.15) is 0 Å². The van der Waals surface area contributed by atoms with Gasteiger partial charge < -0.3 is 15.4 Å². The molecule has 0 unspecified atom stereocenters. The van der Waals surface area contributed by atoms with E-state index >= 15 is 0 Å². The van der Waals surface area contributed by atoms with E-state index in [9.17, 15) is 4.79 Å². The lowest BCUT2D eigenvalue weighted by molar-refractivity contribution is 0.0914. The van der Waals surface area contributed by atoms with Crippen LogP contribution < -0.4 is 15.4 Å². The summed E-state index contributed by atoms with van der Waals surface area (Å²) in [5.41, 5.74) is 2.54. The molecule has 0 bridgehead atoms. The number of rotatable bonds is 4. The number of nitrogens with one attached hydrogen (secondary N) is 2. The van der Waals surface area contributed by atoms with Gasteiger partial charge in [0.25, 0.3) is 5.91 Å². The molecule has 1 aromatic carbocycles. The van der Waals surface area contributed by atoms with Crippen molar-refractivity contribution >= 4 is 28.9 Å². The van der Waals surface area contributed by atoms with Crippen LogP contribution in [0.2, 0.25) is 5.02 Å². The highest BCUT2D eigenvalue weighted by molar-refractivity contribution is 6.31. The Bertz CT molecular complexity index is 737. The lowest BCUT2D eigenvalue weighted by Crippen LogP contribution is -2.40. The molecule has 2 N–H and O–H groups in total. The number of hydrogen-bond acceptors (Lipinski definition) is 4. The first-order chi connectivity index (χ1) is 11.2. The summed E-state index contributed by atoms with van der Waals surface area (Å²) in [6, 6.07) is 7.14. The minimum absolute atomic E-state index is 0.200. The number of anilines is 2. The van der Waals surface area contributed by atoms with Crippen molar-refractivity contribution in [3.05, 3.63) is 46.7 Å². The molecule has 2 aromatic rings. The molecule has 1 amide bonds. The first-order valence-electron chi connectivity index (χ1n) is 7.59. The number of ether oxygens (including phenoxy) is 1. The maximum absolute atomic E-state index is 12.1. The van der Waals surface area contributed by atoms with E-state index in [4.69, 9.17) is 16.3 Å². The molecule has 1 heterocycles. The van der Waals surface area contributed by atoms with Crippen molar-refractivity contribution < 1.29 is 9.53 Å². The summed E-state index contributed by atoms with van der Waals surface area (Å²) < 4.78 is 5.34. The summed E-state index contributed by atoms with van der Waals surface area (Å²) in [6.45, 7) is 7.70. The SMILES string of the molecule is COc1cc(Cl)c(C)cc1Nc1ccc(C(=O)NC(C)(C)C)nc1. The minimum atomic E-state index is -0.302. The van der Waals surface area contributed by atoms with Crippen molar-refractivity contribution in [2.24, 2.45) is 0 Å². The van der Waals surface area contributed by atoms with Crippen LogP contribution in [0.3, 0.4) is 0 Å². The molecule has 0 radical (unpaired) electrons. The Morgan fingerprint density at radius 1 is 1.25 bits per heavy atom. The zero-order chi connectivity index (χ0) is 17.9. The van der Waals surface area contributed by atoms with Gasteiger partial charge >= 0.3 is 0 Å². The molecule has 0 spiro atoms. The lowest BCUT2D eigenvalue weighted by atomic mass is 10.1. The van der Waals surface area contributed by atoms with Gasteiger partial charge in [0, 0.05) is 16.6 Å². The topological polar surface area (TPSA) is 63.2 Å². The molecular formula is C18H22ClN3O2. The average Bonchev–Trinajstić information content (AvgIpc) is 2.49. The molecule has 5 nitrogen and oxygen atoms in total. The molecule has 0 saturated heterocycles. The average molecular weight is 348 g/mol. The smallest absolute Gasteiger partial charge is 0.270 e. The quantitative estimate of drug-likeness (QED) is 0.864. The number of carbonyl (C=O) groups excluding carboxylic acids is 1. The van der Waals surface area contributed by atoms with Crippen LogP contribution in [-0.2, 0) is 0 Å². The van der Waals surface area contributed by atoms with E-state index < -0.39 is 0 Å². The first kappa shape index (κ1) is 18.1. The fourth-order valence-electron chi connectivity index (χ4n) is 2.09. The number of carbonyl (C=O) groups is 1. The van der Waals surface area contributed by atoms with Crippen LogP contribution >= 0.6 is 11.6 Å². The van der Waals surface area contributed by atoms with Gasteiger partial charge in [-0.05, 0) is 51.5 Å². The molecule has 24 heavy (non-hydrogen) atoms. The number of nitrogens with zero attached hydrogens (tertiary/aromatic N) is 1. The van der Waals surface area contributed by atoms with Gasteiger partial charge in [-0.1, -0.05) is 11.6 Å². The Kier molecular flexibility index (Phi) is 5.34. The van der Waals surface area contributed by atoms with Crippen LogP contribution in [0.15, 0.2) is 30.5 Å². The maximum atomic E-state index is 12.1. The minimum Gasteiger partial charge on any atom is -0.495 e. The van der Waals surface area contributed by atoms with E-state index in [-0.39, 0.29) is 11.4 Å². The second-order valence-electron chi connectivity index (χ2n) is 6.56. The van der Waals surface area contributed by atoms with Gasteiger partial charge in [0.1, 0.15) is 11.4 Å². The highest BCUT2D eigenvalue weighted by Crippen LogP contribution is 2.32. The number of halogens is 1. The van der Waals surface area contributed by atoms with Crippen LogP contribution in [0.25, 0.3) is 0 Å². The largest absolute Gasteiger partial charge is 0.495 e. The number of amides is 1. The summed E-state index contributed by atoms with van der Waals surface area (Å²) in [5, 5.41) is 6.75. The van der Waals surface area contributed by atoms with Gasteiger partial charge in [0.2, 0.25) is 0 Å². The summed E-state index contributed by atoms with van der Waals surface area (Å²) in [7, 11) is 1.59. The zero-order valence-corrected chi connectivity index (χ0v) is 15.3. The zero-order valence-electron chi connectivity index (χ0n) is 14.5. The Morgan fingerprint density at radius 3 is 2.50 bits per heavy atom. The van der Waals surface area contributed by atoms with Crippen molar-refractivity contribution in [1.82, 2.24) is 10.3 Å². The predicted octanol–water partition coefficient (Wildman–Crippen LogP) is 4.32. The van der Waals surface area contributed by atoms with Crippen LogP contribution in [0, 0.1) is 6.92 Å². The van der Waals surface area contributed by atoms with E-state index in [1.165, 1.54) is 0 Å². The van der Waals surface area contributed by atoms with Crippen LogP contribution in [0.1, 0.15) is 36.8 Å². The normalized spacial score (nSPS) is 11.1. The first-order valence-corrected chi connectivity index (χ1v) is 7.97. The molecule has 0 atom stereocenters. The summed E-state index contributed by atoms with van der Waals surface area (Å²) in [6.07, 6.45) is 1.61. The summed E-state index contributed by atoms with van der Waals surface area (Å²) >= 11 is 6.11. The van der Waals surface area contributed by atoms with Gasteiger partial charge in [-0.25, -0.2) is 4.98 Å². The third kappa shape index (κ3) is 4.61. The second-order valence-corrected chi connectivity index (χ2v) is 6.97. The molecule has 0 aliphatic carbocycles. The van der Waals surface area contributed by atoms with E-state index in [0.29, 0.717) is 16.5 Å². The Labute approximate surface area is 147 Å². The van der Waals surface area contributed by atoms with Crippen LogP contribution in [0.5, 0.6) is 5.75 Å². The molecule has 2 rings (SSSR count). The number of hydrogen-bond donors (Lipinski definition) is 2. The molecule has 6 heteroatoms. The summed E-state index contributed by atoms with van der Waals surface area (Å²) in [4.78, 5) is 16.3. The fraction of sp³-hybridized carbons (Fsp3) is 0.333. The standard InChI is InChI=1S/C18H22ClN3O2/c1-11-8-15(16(24-5)9-13(11)19)21-12-6-7-14(20-10-12)17(23)22-18(2,3)4/h6-10,21H,1-5H3,(H,22,23). The van der Waals surface area contributed by atoms with Crippen molar-refractivity contribution in [2.45, 2.75) is 33.2 Å². The maximum Gasteiger partial charge on any atom is 0.270 e. The van der Waals surface area contributed by atoms with E-state index in [2.05, 4.69) is 15.6 Å². The van der Waals surface area contributed by atoms with Gasteiger partial charge in [-0.15, -0.1) is 0 Å². The van der Waals surface area contributed by atoms with Crippen LogP contribution in [-0.4, -0.2) is 23.5 Å².